The van der Waals surface area contributed by atoms with Gasteiger partial charge in [-0.15, -0.1) is 0 Å². The fraction of sp³-hybridized carbons (Fsp3) is 0.500. The Morgan fingerprint density at radius 2 is 2.17 bits per heavy atom. The predicted octanol–water partition coefficient (Wildman–Crippen LogP) is 3.34. The fourth-order valence-electron chi connectivity index (χ4n) is 3.54. The van der Waals surface area contributed by atoms with Crippen molar-refractivity contribution in [3.63, 3.8) is 0 Å². The number of nitrogens with zero attached hydrogens (tertiary/aromatic N) is 3. The van der Waals surface area contributed by atoms with Crippen LogP contribution in [0.25, 0.3) is 0 Å². The normalized spacial score (nSPS) is 16.2. The molecule has 2 aromatic rings. The molecule has 1 fully saturated rings. The van der Waals surface area contributed by atoms with Gasteiger partial charge in [0.15, 0.2) is 0 Å². The summed E-state index contributed by atoms with van der Waals surface area (Å²) < 4.78 is 1.75. The molecule has 1 aliphatic rings. The zero-order chi connectivity index (χ0) is 16.8. The van der Waals surface area contributed by atoms with Crippen molar-refractivity contribution in [2.45, 2.75) is 50.5 Å². The van der Waals surface area contributed by atoms with Gasteiger partial charge in [-0.2, -0.15) is 5.10 Å². The van der Waals surface area contributed by atoms with Crippen molar-refractivity contribution < 1.29 is 4.79 Å². The highest BCUT2D eigenvalue weighted by Crippen LogP contribution is 2.41. The first-order chi connectivity index (χ1) is 11.7. The molecule has 0 radical (unpaired) electrons. The average Bonchev–Trinajstić information content (AvgIpc) is 3.25. The molecule has 5 nitrogen and oxygen atoms in total. The Balaban J connectivity index is 1.53. The Morgan fingerprint density at radius 1 is 1.33 bits per heavy atom. The minimum atomic E-state index is 0.0342. The molecule has 1 aliphatic carbocycles. The highest BCUT2D eigenvalue weighted by atomic mass is 35.5. The van der Waals surface area contributed by atoms with Crippen molar-refractivity contribution in [2.24, 2.45) is 0 Å². The second kappa shape index (κ2) is 7.79. The van der Waals surface area contributed by atoms with E-state index in [-0.39, 0.29) is 11.3 Å². The molecule has 1 amide bonds. The zero-order valence-electron chi connectivity index (χ0n) is 13.7. The number of aromatic nitrogens is 3. The minimum Gasteiger partial charge on any atom is -0.355 e. The Morgan fingerprint density at radius 3 is 2.88 bits per heavy atom. The first-order valence-corrected chi connectivity index (χ1v) is 8.91. The number of halogens is 1. The van der Waals surface area contributed by atoms with E-state index < -0.39 is 0 Å². The Kier molecular flexibility index (Phi) is 5.51. The smallest absolute Gasteiger partial charge is 0.220 e. The Labute approximate surface area is 147 Å². The number of benzene rings is 1. The number of nitrogens with one attached hydrogen (secondary N) is 1. The van der Waals surface area contributed by atoms with E-state index in [1.807, 2.05) is 18.2 Å². The highest BCUT2D eigenvalue weighted by Gasteiger charge is 2.35. The van der Waals surface area contributed by atoms with E-state index in [9.17, 15) is 4.79 Å². The summed E-state index contributed by atoms with van der Waals surface area (Å²) in [5.41, 5.74) is 1.28. The van der Waals surface area contributed by atoms with Gasteiger partial charge in [-0.3, -0.25) is 9.48 Å². The van der Waals surface area contributed by atoms with Gasteiger partial charge in [-0.05, 0) is 37.0 Å². The molecule has 128 valence electrons. The van der Waals surface area contributed by atoms with Crippen LogP contribution in [0.15, 0.2) is 36.9 Å². The molecule has 0 aliphatic heterocycles. The molecule has 1 aromatic carbocycles. The van der Waals surface area contributed by atoms with E-state index in [2.05, 4.69) is 21.5 Å². The van der Waals surface area contributed by atoms with Gasteiger partial charge in [-0.25, -0.2) is 4.98 Å². The second-order valence-electron chi connectivity index (χ2n) is 6.54. The second-order valence-corrected chi connectivity index (χ2v) is 6.97. The number of carbonyl (C=O) groups excluding carboxylic acids is 1. The van der Waals surface area contributed by atoms with Crippen molar-refractivity contribution in [2.75, 3.05) is 6.54 Å². The van der Waals surface area contributed by atoms with Gasteiger partial charge in [0, 0.05) is 29.9 Å². The van der Waals surface area contributed by atoms with Gasteiger partial charge in [0.2, 0.25) is 5.91 Å². The molecule has 0 saturated heterocycles. The number of hydrogen-bond donors (Lipinski definition) is 1. The van der Waals surface area contributed by atoms with Crippen LogP contribution in [0.5, 0.6) is 0 Å². The summed E-state index contributed by atoms with van der Waals surface area (Å²) in [6, 6.07) is 8.08. The van der Waals surface area contributed by atoms with Crippen LogP contribution in [-0.4, -0.2) is 27.2 Å². The van der Waals surface area contributed by atoms with Crippen LogP contribution in [0.1, 0.15) is 44.1 Å². The lowest BCUT2D eigenvalue weighted by molar-refractivity contribution is -0.121. The van der Waals surface area contributed by atoms with Crippen LogP contribution in [0.3, 0.4) is 0 Å². The molecule has 1 heterocycles. The summed E-state index contributed by atoms with van der Waals surface area (Å²) >= 11 is 6.16. The fourth-order valence-corrected chi connectivity index (χ4v) is 3.73. The zero-order valence-corrected chi connectivity index (χ0v) is 14.5. The van der Waals surface area contributed by atoms with Gasteiger partial charge in [0.25, 0.3) is 0 Å². The topological polar surface area (TPSA) is 59.8 Å². The van der Waals surface area contributed by atoms with E-state index in [0.717, 1.165) is 24.3 Å². The van der Waals surface area contributed by atoms with Crippen LogP contribution in [0.4, 0.5) is 0 Å². The van der Waals surface area contributed by atoms with Crippen LogP contribution >= 0.6 is 11.6 Å². The lowest BCUT2D eigenvalue weighted by Crippen LogP contribution is -2.39. The number of amides is 1. The Hall–Kier alpha value is -1.88. The first kappa shape index (κ1) is 17.0. The molecule has 0 atom stereocenters. The maximum absolute atomic E-state index is 12.2. The predicted molar refractivity (Wildman–Crippen MR) is 93.9 cm³/mol. The Bertz CT molecular complexity index is 665. The third-order valence-electron chi connectivity index (χ3n) is 4.88. The largest absolute Gasteiger partial charge is 0.355 e. The van der Waals surface area contributed by atoms with Gasteiger partial charge in [0.1, 0.15) is 12.7 Å². The summed E-state index contributed by atoms with van der Waals surface area (Å²) in [5.74, 6) is 0.100. The molecule has 0 spiro atoms. The molecule has 0 unspecified atom stereocenters. The van der Waals surface area contributed by atoms with Gasteiger partial charge >= 0.3 is 0 Å². The number of hydrogen-bond acceptors (Lipinski definition) is 3. The van der Waals surface area contributed by atoms with Crippen molar-refractivity contribution in [3.05, 3.63) is 47.5 Å². The molecule has 3 rings (SSSR count). The minimum absolute atomic E-state index is 0.0342. The summed E-state index contributed by atoms with van der Waals surface area (Å²) in [6.45, 7) is 1.41. The summed E-state index contributed by atoms with van der Waals surface area (Å²) in [4.78, 5) is 16.1. The molecular formula is C18H23ClN4O. The first-order valence-electron chi connectivity index (χ1n) is 8.53. The molecular weight excluding hydrogens is 324 g/mol. The van der Waals surface area contributed by atoms with E-state index in [0.29, 0.717) is 19.5 Å². The summed E-state index contributed by atoms with van der Waals surface area (Å²) in [5, 5.41) is 7.94. The number of aryl methyl sites for hydroxylation is 1. The number of carbonyl (C=O) groups is 1. The monoisotopic (exact) mass is 346 g/mol. The van der Waals surface area contributed by atoms with Crippen molar-refractivity contribution >= 4 is 17.5 Å². The van der Waals surface area contributed by atoms with Crippen LogP contribution < -0.4 is 5.32 Å². The average molecular weight is 347 g/mol. The SMILES string of the molecule is O=C(CCCn1cncn1)NCC1(c2cccc(Cl)c2)CCCC1. The molecule has 0 bridgehead atoms. The van der Waals surface area contributed by atoms with Gasteiger partial charge < -0.3 is 5.32 Å². The van der Waals surface area contributed by atoms with Crippen LogP contribution in [-0.2, 0) is 16.8 Å². The highest BCUT2D eigenvalue weighted by molar-refractivity contribution is 6.30. The third-order valence-corrected chi connectivity index (χ3v) is 5.11. The molecule has 6 heteroatoms. The van der Waals surface area contributed by atoms with E-state index in [1.165, 1.54) is 24.7 Å². The maximum Gasteiger partial charge on any atom is 0.220 e. The standard InChI is InChI=1S/C18H23ClN4O/c19-16-6-3-5-15(11-16)18(8-1-2-9-18)12-21-17(24)7-4-10-23-14-20-13-22-23/h3,5-6,11,13-14H,1-2,4,7-10,12H2,(H,21,24). The lowest BCUT2D eigenvalue weighted by Gasteiger charge is -2.30. The van der Waals surface area contributed by atoms with Gasteiger partial charge in [-0.1, -0.05) is 36.6 Å². The van der Waals surface area contributed by atoms with E-state index in [1.54, 1.807) is 11.0 Å². The molecule has 1 N–H and O–H groups in total. The van der Waals surface area contributed by atoms with Gasteiger partial charge in [0.05, 0.1) is 0 Å². The third kappa shape index (κ3) is 4.15. The number of rotatable bonds is 7. The summed E-state index contributed by atoms with van der Waals surface area (Å²) in [7, 11) is 0. The van der Waals surface area contributed by atoms with E-state index in [4.69, 9.17) is 11.6 Å². The van der Waals surface area contributed by atoms with Crippen LogP contribution in [0.2, 0.25) is 5.02 Å². The quantitative estimate of drug-likeness (QED) is 0.836. The van der Waals surface area contributed by atoms with Crippen molar-refractivity contribution in [3.8, 4) is 0 Å². The van der Waals surface area contributed by atoms with E-state index >= 15 is 0 Å². The lowest BCUT2D eigenvalue weighted by atomic mass is 9.79. The molecule has 24 heavy (non-hydrogen) atoms. The maximum atomic E-state index is 12.2. The molecule has 1 aromatic heterocycles. The van der Waals surface area contributed by atoms with Crippen molar-refractivity contribution in [1.82, 2.24) is 20.1 Å². The molecule has 1 saturated carbocycles. The van der Waals surface area contributed by atoms with Crippen molar-refractivity contribution in [1.29, 1.82) is 0 Å². The van der Waals surface area contributed by atoms with Crippen LogP contribution in [0, 0.1) is 0 Å². The summed E-state index contributed by atoms with van der Waals surface area (Å²) in [6.07, 6.45) is 9.06.